The minimum Gasteiger partial charge on any atom is -0.487 e. The molecule has 0 unspecified atom stereocenters. The van der Waals surface area contributed by atoms with E-state index in [1.54, 1.807) is 22.6 Å². The zero-order valence-electron chi connectivity index (χ0n) is 14.2. The molecule has 1 amide bonds. The van der Waals surface area contributed by atoms with Gasteiger partial charge in [0, 0.05) is 6.54 Å². The number of fused-ring (bicyclic) bond motifs is 1. The molecule has 0 saturated carbocycles. The lowest BCUT2D eigenvalue weighted by atomic mass is 10.2. The summed E-state index contributed by atoms with van der Waals surface area (Å²) in [5.74, 6) is 0.609. The lowest BCUT2D eigenvalue weighted by molar-refractivity contribution is 0.0961. The molecule has 2 aromatic heterocycles. The number of nitrogens with zero attached hydrogens (tertiary/aromatic N) is 4. The van der Waals surface area contributed by atoms with Crippen LogP contribution in [-0.2, 0) is 13.2 Å². The lowest BCUT2D eigenvalue weighted by Gasteiger charge is -2.26. The Morgan fingerprint density at radius 3 is 2.73 bits per heavy atom. The fourth-order valence-corrected chi connectivity index (χ4v) is 2.89. The van der Waals surface area contributed by atoms with Crippen LogP contribution in [0.25, 0.3) is 0 Å². The third-order valence-electron chi connectivity index (χ3n) is 4.24. The third kappa shape index (κ3) is 3.03. The highest BCUT2D eigenvalue weighted by Gasteiger charge is 2.28. The highest BCUT2D eigenvalue weighted by atomic mass is 19.1. The zero-order valence-corrected chi connectivity index (χ0v) is 14.2. The number of ether oxygens (including phenoxy) is 1. The summed E-state index contributed by atoms with van der Waals surface area (Å²) in [5, 5.41) is 4.44. The van der Waals surface area contributed by atoms with Crippen molar-refractivity contribution in [1.29, 1.82) is 0 Å². The van der Waals surface area contributed by atoms with Gasteiger partial charge in [0.1, 0.15) is 35.4 Å². The number of anilines is 1. The Hall–Kier alpha value is -3.22. The smallest absolute Gasteiger partial charge is 0.277 e. The van der Waals surface area contributed by atoms with Crippen LogP contribution >= 0.6 is 0 Å². The molecular weight excluding hydrogens is 335 g/mol. The number of pyridine rings is 1. The van der Waals surface area contributed by atoms with Gasteiger partial charge in [-0.25, -0.2) is 9.37 Å². The van der Waals surface area contributed by atoms with Crippen molar-refractivity contribution in [2.45, 2.75) is 20.1 Å². The molecule has 3 aromatic rings. The highest BCUT2D eigenvalue weighted by Crippen LogP contribution is 2.21. The Labute approximate surface area is 149 Å². The molecule has 0 fully saturated rings. The number of hydrogen-bond acceptors (Lipinski definition) is 4. The molecule has 0 saturated heterocycles. The molecule has 4 rings (SSSR count). The van der Waals surface area contributed by atoms with Gasteiger partial charge in [-0.2, -0.15) is 5.10 Å². The summed E-state index contributed by atoms with van der Waals surface area (Å²) in [4.78, 5) is 18.5. The molecule has 26 heavy (non-hydrogen) atoms. The molecule has 0 N–H and O–H groups in total. The zero-order chi connectivity index (χ0) is 18.1. The topological polar surface area (TPSA) is 60.3 Å². The van der Waals surface area contributed by atoms with E-state index >= 15 is 0 Å². The van der Waals surface area contributed by atoms with Crippen molar-refractivity contribution in [3.05, 3.63) is 71.4 Å². The third-order valence-corrected chi connectivity index (χ3v) is 4.24. The molecule has 6 nitrogen and oxygen atoms in total. The monoisotopic (exact) mass is 352 g/mol. The SMILES string of the molecule is Cc1nc(N2CCn3nc(COc4ccccc4)cc3C2=O)ccc1F. The summed E-state index contributed by atoms with van der Waals surface area (Å²) in [6, 6.07) is 14.0. The van der Waals surface area contributed by atoms with E-state index in [0.29, 0.717) is 30.3 Å². The lowest BCUT2D eigenvalue weighted by Crippen LogP contribution is -2.41. The molecule has 0 aliphatic carbocycles. The van der Waals surface area contributed by atoms with E-state index in [9.17, 15) is 9.18 Å². The van der Waals surface area contributed by atoms with E-state index in [2.05, 4.69) is 10.1 Å². The van der Waals surface area contributed by atoms with E-state index < -0.39 is 0 Å². The minimum atomic E-state index is -0.386. The van der Waals surface area contributed by atoms with Gasteiger partial charge in [0.25, 0.3) is 5.91 Å². The van der Waals surface area contributed by atoms with Gasteiger partial charge in [0.2, 0.25) is 0 Å². The normalized spacial score (nSPS) is 13.6. The Bertz CT molecular complexity index is 955. The predicted molar refractivity (Wildman–Crippen MR) is 93.6 cm³/mol. The maximum atomic E-state index is 13.4. The molecular formula is C19H17FN4O2. The second kappa shape index (κ2) is 6.59. The molecule has 0 bridgehead atoms. The number of carbonyl (C=O) groups excluding carboxylic acids is 1. The number of para-hydroxylation sites is 1. The summed E-state index contributed by atoms with van der Waals surface area (Å²) in [6.45, 7) is 2.84. The second-order valence-corrected chi connectivity index (χ2v) is 6.04. The Morgan fingerprint density at radius 1 is 1.15 bits per heavy atom. The first kappa shape index (κ1) is 16.3. The summed E-state index contributed by atoms with van der Waals surface area (Å²) >= 11 is 0. The van der Waals surface area contributed by atoms with Crippen LogP contribution in [0, 0.1) is 12.7 Å². The summed E-state index contributed by atoms with van der Waals surface area (Å²) in [6.07, 6.45) is 0. The molecule has 1 aliphatic rings. The van der Waals surface area contributed by atoms with Gasteiger partial charge in [0.05, 0.1) is 12.2 Å². The van der Waals surface area contributed by atoms with Gasteiger partial charge in [-0.15, -0.1) is 0 Å². The number of aryl methyl sites for hydroxylation is 1. The summed E-state index contributed by atoms with van der Waals surface area (Å²) in [5.41, 5.74) is 1.43. The molecule has 0 spiro atoms. The van der Waals surface area contributed by atoms with Crippen LogP contribution in [0.15, 0.2) is 48.5 Å². The molecule has 3 heterocycles. The second-order valence-electron chi connectivity index (χ2n) is 6.04. The van der Waals surface area contributed by atoms with Crippen molar-refractivity contribution >= 4 is 11.7 Å². The van der Waals surface area contributed by atoms with Gasteiger partial charge < -0.3 is 4.74 Å². The van der Waals surface area contributed by atoms with Crippen LogP contribution in [0.5, 0.6) is 5.75 Å². The fraction of sp³-hybridized carbons (Fsp3) is 0.211. The maximum Gasteiger partial charge on any atom is 0.277 e. The summed E-state index contributed by atoms with van der Waals surface area (Å²) in [7, 11) is 0. The Morgan fingerprint density at radius 2 is 1.96 bits per heavy atom. The quantitative estimate of drug-likeness (QED) is 0.724. The van der Waals surface area contributed by atoms with Crippen molar-refractivity contribution in [2.75, 3.05) is 11.4 Å². The van der Waals surface area contributed by atoms with Crippen molar-refractivity contribution in [1.82, 2.24) is 14.8 Å². The number of hydrogen-bond donors (Lipinski definition) is 0. The van der Waals surface area contributed by atoms with Crippen LogP contribution in [0.1, 0.15) is 21.9 Å². The molecule has 0 atom stereocenters. The number of aromatic nitrogens is 3. The van der Waals surface area contributed by atoms with Crippen LogP contribution < -0.4 is 9.64 Å². The predicted octanol–water partition coefficient (Wildman–Crippen LogP) is 2.97. The Balaban J connectivity index is 1.53. The van der Waals surface area contributed by atoms with E-state index in [-0.39, 0.29) is 24.0 Å². The number of halogens is 1. The first-order valence-electron chi connectivity index (χ1n) is 8.31. The van der Waals surface area contributed by atoms with Gasteiger partial charge in [-0.3, -0.25) is 14.4 Å². The minimum absolute atomic E-state index is 0.201. The van der Waals surface area contributed by atoms with Gasteiger partial charge >= 0.3 is 0 Å². The van der Waals surface area contributed by atoms with Crippen LogP contribution in [0.2, 0.25) is 0 Å². The molecule has 7 heteroatoms. The van der Waals surface area contributed by atoms with Crippen molar-refractivity contribution < 1.29 is 13.9 Å². The van der Waals surface area contributed by atoms with E-state index in [1.807, 2.05) is 30.3 Å². The highest BCUT2D eigenvalue weighted by molar-refractivity contribution is 6.05. The van der Waals surface area contributed by atoms with Gasteiger partial charge in [-0.1, -0.05) is 18.2 Å². The standard InChI is InChI=1S/C19H17FN4O2/c1-13-16(20)7-8-18(21-13)23-9-10-24-17(19(23)25)11-14(22-24)12-26-15-5-3-2-4-6-15/h2-8,11H,9-10,12H2,1H3. The van der Waals surface area contributed by atoms with Crippen molar-refractivity contribution in [3.8, 4) is 5.75 Å². The van der Waals surface area contributed by atoms with E-state index in [0.717, 1.165) is 5.75 Å². The molecule has 0 radical (unpaired) electrons. The van der Waals surface area contributed by atoms with Crippen LogP contribution in [-0.4, -0.2) is 27.2 Å². The fourth-order valence-electron chi connectivity index (χ4n) is 2.89. The Kier molecular flexibility index (Phi) is 4.12. The van der Waals surface area contributed by atoms with E-state index in [1.165, 1.54) is 12.1 Å². The number of carbonyl (C=O) groups is 1. The number of amides is 1. The van der Waals surface area contributed by atoms with Gasteiger partial charge in [-0.05, 0) is 37.3 Å². The van der Waals surface area contributed by atoms with Gasteiger partial charge in [0.15, 0.2) is 0 Å². The van der Waals surface area contributed by atoms with Crippen molar-refractivity contribution in [3.63, 3.8) is 0 Å². The summed E-state index contributed by atoms with van der Waals surface area (Å²) < 4.78 is 20.8. The maximum absolute atomic E-state index is 13.4. The van der Waals surface area contributed by atoms with Crippen LogP contribution in [0.3, 0.4) is 0 Å². The average molecular weight is 352 g/mol. The van der Waals surface area contributed by atoms with Crippen molar-refractivity contribution in [2.24, 2.45) is 0 Å². The largest absolute Gasteiger partial charge is 0.487 e. The number of benzene rings is 1. The van der Waals surface area contributed by atoms with Crippen LogP contribution in [0.4, 0.5) is 10.2 Å². The number of rotatable bonds is 4. The first-order chi connectivity index (χ1) is 12.6. The van der Waals surface area contributed by atoms with E-state index in [4.69, 9.17) is 4.74 Å². The molecule has 1 aliphatic heterocycles. The molecule has 1 aromatic carbocycles. The molecule has 132 valence electrons. The first-order valence-corrected chi connectivity index (χ1v) is 8.31. The average Bonchev–Trinajstić information content (AvgIpc) is 3.08.